The molecule has 0 spiro atoms. The van der Waals surface area contributed by atoms with E-state index in [2.05, 4.69) is 6.07 Å². The van der Waals surface area contributed by atoms with Crippen LogP contribution in [0.3, 0.4) is 0 Å². The molecule has 1 saturated heterocycles. The number of rotatable bonds is 1. The van der Waals surface area contributed by atoms with E-state index in [1.165, 1.54) is 0 Å². The number of nitriles is 1. The second-order valence-electron chi connectivity index (χ2n) is 4.01. The van der Waals surface area contributed by atoms with E-state index in [1.807, 2.05) is 17.0 Å². The van der Waals surface area contributed by atoms with Crippen LogP contribution in [0.2, 0.25) is 10.0 Å². The van der Waals surface area contributed by atoms with Crippen LogP contribution in [-0.4, -0.2) is 18.6 Å². The molecule has 2 N–H and O–H groups in total. The predicted molar refractivity (Wildman–Crippen MR) is 65.8 cm³/mol. The molecule has 84 valence electrons. The average Bonchev–Trinajstić information content (AvgIpc) is 2.66. The summed E-state index contributed by atoms with van der Waals surface area (Å²) in [5.74, 6) is 0. The number of hydrogen-bond donors (Lipinski definition) is 1. The van der Waals surface area contributed by atoms with E-state index in [0.717, 1.165) is 12.2 Å². The minimum absolute atomic E-state index is 0.490. The Balaban J connectivity index is 2.28. The first-order chi connectivity index (χ1) is 7.56. The van der Waals surface area contributed by atoms with Crippen molar-refractivity contribution in [2.75, 3.05) is 18.0 Å². The van der Waals surface area contributed by atoms with Crippen molar-refractivity contribution in [1.82, 2.24) is 0 Å². The summed E-state index contributed by atoms with van der Waals surface area (Å²) < 4.78 is 0. The number of anilines is 1. The van der Waals surface area contributed by atoms with Crippen LogP contribution in [0.25, 0.3) is 0 Å². The molecule has 16 heavy (non-hydrogen) atoms. The molecule has 0 aliphatic carbocycles. The molecule has 1 heterocycles. The van der Waals surface area contributed by atoms with Gasteiger partial charge in [-0.2, -0.15) is 5.26 Å². The zero-order valence-corrected chi connectivity index (χ0v) is 10.1. The van der Waals surface area contributed by atoms with Crippen LogP contribution in [-0.2, 0) is 0 Å². The number of nitrogens with zero attached hydrogens (tertiary/aromatic N) is 2. The lowest BCUT2D eigenvalue weighted by Crippen LogP contribution is -2.41. The number of benzene rings is 1. The third-order valence-electron chi connectivity index (χ3n) is 2.80. The fourth-order valence-electron chi connectivity index (χ4n) is 1.87. The van der Waals surface area contributed by atoms with Gasteiger partial charge >= 0.3 is 0 Å². The molecule has 0 bridgehead atoms. The quantitative estimate of drug-likeness (QED) is 0.839. The van der Waals surface area contributed by atoms with Gasteiger partial charge in [-0.1, -0.05) is 29.3 Å². The summed E-state index contributed by atoms with van der Waals surface area (Å²) in [6.45, 7) is 1.22. The smallest absolute Gasteiger partial charge is 0.123 e. The summed E-state index contributed by atoms with van der Waals surface area (Å²) >= 11 is 12.1. The SMILES string of the molecule is N#CC1(N)CCN(c2cccc(Cl)c2Cl)C1. The molecule has 1 aliphatic rings. The van der Waals surface area contributed by atoms with Crippen LogP contribution >= 0.6 is 23.2 Å². The summed E-state index contributed by atoms with van der Waals surface area (Å²) in [6.07, 6.45) is 0.645. The molecule has 3 nitrogen and oxygen atoms in total. The standard InChI is InChI=1S/C11H11Cl2N3/c12-8-2-1-3-9(10(8)13)16-5-4-11(15,6-14)7-16/h1-3H,4-5,7,15H2. The molecule has 5 heteroatoms. The largest absolute Gasteiger partial charge is 0.367 e. The van der Waals surface area contributed by atoms with Crippen molar-refractivity contribution in [3.8, 4) is 6.07 Å². The number of nitrogens with two attached hydrogens (primary N) is 1. The van der Waals surface area contributed by atoms with Crippen molar-refractivity contribution in [3.05, 3.63) is 28.2 Å². The monoisotopic (exact) mass is 255 g/mol. The van der Waals surface area contributed by atoms with Crippen molar-refractivity contribution >= 4 is 28.9 Å². The van der Waals surface area contributed by atoms with Crippen molar-refractivity contribution < 1.29 is 0 Å². The first-order valence-corrected chi connectivity index (χ1v) is 5.70. The third kappa shape index (κ3) is 1.97. The molecule has 1 unspecified atom stereocenters. The average molecular weight is 256 g/mol. The zero-order valence-electron chi connectivity index (χ0n) is 8.58. The van der Waals surface area contributed by atoms with Gasteiger partial charge in [0.25, 0.3) is 0 Å². The van der Waals surface area contributed by atoms with Gasteiger partial charge in [-0.05, 0) is 18.6 Å². The number of halogens is 2. The van der Waals surface area contributed by atoms with Crippen molar-refractivity contribution in [2.24, 2.45) is 5.73 Å². The van der Waals surface area contributed by atoms with Gasteiger partial charge in [-0.15, -0.1) is 0 Å². The molecule has 0 aromatic heterocycles. The molecule has 1 aliphatic heterocycles. The minimum Gasteiger partial charge on any atom is -0.367 e. The van der Waals surface area contributed by atoms with Crippen LogP contribution < -0.4 is 10.6 Å². The van der Waals surface area contributed by atoms with Crippen LogP contribution in [0.1, 0.15) is 6.42 Å². The fourth-order valence-corrected chi connectivity index (χ4v) is 2.28. The highest BCUT2D eigenvalue weighted by Gasteiger charge is 2.35. The third-order valence-corrected chi connectivity index (χ3v) is 3.60. The second-order valence-corrected chi connectivity index (χ2v) is 4.80. The van der Waals surface area contributed by atoms with Crippen molar-refractivity contribution in [1.29, 1.82) is 5.26 Å². The fraction of sp³-hybridized carbons (Fsp3) is 0.364. The van der Waals surface area contributed by atoms with E-state index in [4.69, 9.17) is 34.2 Å². The molecule has 1 aromatic carbocycles. The van der Waals surface area contributed by atoms with Gasteiger partial charge < -0.3 is 10.6 Å². The lowest BCUT2D eigenvalue weighted by Gasteiger charge is -2.21. The van der Waals surface area contributed by atoms with Gasteiger partial charge in [-0.3, -0.25) is 0 Å². The second kappa shape index (κ2) is 4.14. The maximum Gasteiger partial charge on any atom is 0.123 e. The molecule has 1 aromatic rings. The molecular formula is C11H11Cl2N3. The highest BCUT2D eigenvalue weighted by Crippen LogP contribution is 2.35. The molecule has 0 saturated carbocycles. The highest BCUT2D eigenvalue weighted by molar-refractivity contribution is 6.43. The van der Waals surface area contributed by atoms with Crippen LogP contribution in [0.5, 0.6) is 0 Å². The minimum atomic E-state index is -0.772. The Kier molecular flexibility index (Phi) is 2.98. The van der Waals surface area contributed by atoms with E-state index in [-0.39, 0.29) is 0 Å². The Morgan fingerprint density at radius 1 is 1.44 bits per heavy atom. The van der Waals surface area contributed by atoms with Gasteiger partial charge in [0.15, 0.2) is 0 Å². The van der Waals surface area contributed by atoms with Gasteiger partial charge in [0.2, 0.25) is 0 Å². The summed E-state index contributed by atoms with van der Waals surface area (Å²) in [5, 5.41) is 9.99. The lowest BCUT2D eigenvalue weighted by atomic mass is 10.0. The maximum absolute atomic E-state index is 8.95. The summed E-state index contributed by atoms with van der Waals surface area (Å²) in [6, 6.07) is 7.60. The zero-order chi connectivity index (χ0) is 11.8. The Labute approximate surface area is 104 Å². The summed E-state index contributed by atoms with van der Waals surface area (Å²) in [4.78, 5) is 2.00. The van der Waals surface area contributed by atoms with E-state index < -0.39 is 5.54 Å². The summed E-state index contributed by atoms with van der Waals surface area (Å²) in [7, 11) is 0. The van der Waals surface area contributed by atoms with Gasteiger partial charge in [0.05, 0.1) is 21.8 Å². The van der Waals surface area contributed by atoms with Gasteiger partial charge in [0.1, 0.15) is 5.54 Å². The molecular weight excluding hydrogens is 245 g/mol. The van der Waals surface area contributed by atoms with E-state index >= 15 is 0 Å². The van der Waals surface area contributed by atoms with Crippen LogP contribution in [0.15, 0.2) is 18.2 Å². The molecule has 0 radical (unpaired) electrons. The van der Waals surface area contributed by atoms with Crippen molar-refractivity contribution in [3.63, 3.8) is 0 Å². The van der Waals surface area contributed by atoms with E-state index in [0.29, 0.717) is 23.0 Å². The Bertz CT molecular complexity index is 455. The molecule has 0 amide bonds. The Hall–Kier alpha value is -0.950. The predicted octanol–water partition coefficient (Wildman–Crippen LogP) is 2.42. The van der Waals surface area contributed by atoms with Gasteiger partial charge in [-0.25, -0.2) is 0 Å². The van der Waals surface area contributed by atoms with Crippen molar-refractivity contribution in [2.45, 2.75) is 12.0 Å². The molecule has 1 atom stereocenters. The first-order valence-electron chi connectivity index (χ1n) is 4.95. The summed E-state index contributed by atoms with van der Waals surface area (Å²) in [5.41, 5.74) is 5.97. The van der Waals surface area contributed by atoms with Gasteiger partial charge in [0, 0.05) is 13.1 Å². The highest BCUT2D eigenvalue weighted by atomic mass is 35.5. The van der Waals surface area contributed by atoms with E-state index in [1.54, 1.807) is 6.07 Å². The Morgan fingerprint density at radius 2 is 2.19 bits per heavy atom. The maximum atomic E-state index is 8.95. The number of hydrogen-bond acceptors (Lipinski definition) is 3. The molecule has 1 fully saturated rings. The first kappa shape index (κ1) is 11.5. The lowest BCUT2D eigenvalue weighted by molar-refractivity contribution is 0.606. The van der Waals surface area contributed by atoms with E-state index in [9.17, 15) is 0 Å². The van der Waals surface area contributed by atoms with Crippen LogP contribution in [0, 0.1) is 11.3 Å². The normalized spacial score (nSPS) is 24.5. The topological polar surface area (TPSA) is 53.1 Å². The van der Waals surface area contributed by atoms with Crippen LogP contribution in [0.4, 0.5) is 5.69 Å². The molecule has 2 rings (SSSR count). The Morgan fingerprint density at radius 3 is 2.81 bits per heavy atom.